The molecule has 8 nitrogen and oxygen atoms in total. The molecule has 0 aromatic carbocycles. The highest BCUT2D eigenvalue weighted by molar-refractivity contribution is 5.67. The van der Waals surface area contributed by atoms with Crippen molar-refractivity contribution in [1.82, 2.24) is 9.13 Å². The molecule has 1 rings (SSSR count). The summed E-state index contributed by atoms with van der Waals surface area (Å²) in [4.78, 5) is 33.7. The average Bonchev–Trinajstić information content (AvgIpc) is 2.33. The lowest BCUT2D eigenvalue weighted by molar-refractivity contribution is -0.136. The normalized spacial score (nSPS) is 9.83. The van der Waals surface area contributed by atoms with Crippen molar-refractivity contribution in [3.63, 3.8) is 0 Å². The van der Waals surface area contributed by atoms with Gasteiger partial charge >= 0.3 is 11.7 Å². The van der Waals surface area contributed by atoms with Gasteiger partial charge in [0, 0.05) is 20.6 Å². The van der Waals surface area contributed by atoms with E-state index in [1.165, 1.54) is 14.1 Å². The molecule has 0 saturated heterocycles. The van der Waals surface area contributed by atoms with Gasteiger partial charge in [-0.2, -0.15) is 5.26 Å². The monoisotopic (exact) mass is 252 g/mol. The third kappa shape index (κ3) is 2.40. The van der Waals surface area contributed by atoms with Crippen LogP contribution in [0.2, 0.25) is 0 Å². The SMILES string of the molecule is Cn1c(NCCC(=O)O)c(C#N)c(=O)n(C)c1=O. The van der Waals surface area contributed by atoms with Crippen molar-refractivity contribution < 1.29 is 9.90 Å². The smallest absolute Gasteiger partial charge is 0.332 e. The number of nitrogens with one attached hydrogen (secondary N) is 1. The summed E-state index contributed by atoms with van der Waals surface area (Å²) in [5.41, 5.74) is -1.51. The van der Waals surface area contributed by atoms with Gasteiger partial charge in [-0.15, -0.1) is 0 Å². The third-order valence-corrected chi connectivity index (χ3v) is 2.41. The fourth-order valence-corrected chi connectivity index (χ4v) is 1.44. The van der Waals surface area contributed by atoms with E-state index in [9.17, 15) is 14.4 Å². The molecule has 18 heavy (non-hydrogen) atoms. The van der Waals surface area contributed by atoms with E-state index < -0.39 is 17.2 Å². The van der Waals surface area contributed by atoms with Crippen molar-refractivity contribution in [1.29, 1.82) is 5.26 Å². The lowest BCUT2D eigenvalue weighted by Gasteiger charge is -2.12. The van der Waals surface area contributed by atoms with Crippen LogP contribution in [0.15, 0.2) is 9.59 Å². The predicted octanol–water partition coefficient (Wildman–Crippen LogP) is -1.16. The predicted molar refractivity (Wildman–Crippen MR) is 62.4 cm³/mol. The highest BCUT2D eigenvalue weighted by Gasteiger charge is 2.14. The van der Waals surface area contributed by atoms with Crippen molar-refractivity contribution in [2.75, 3.05) is 11.9 Å². The molecule has 0 atom stereocenters. The van der Waals surface area contributed by atoms with Crippen LogP contribution in [0.25, 0.3) is 0 Å². The van der Waals surface area contributed by atoms with Crippen LogP contribution in [0.5, 0.6) is 0 Å². The Morgan fingerprint density at radius 1 is 1.39 bits per heavy atom. The van der Waals surface area contributed by atoms with Crippen LogP contribution in [0, 0.1) is 11.3 Å². The zero-order valence-corrected chi connectivity index (χ0v) is 9.93. The molecular weight excluding hydrogens is 240 g/mol. The Morgan fingerprint density at radius 3 is 2.50 bits per heavy atom. The van der Waals surface area contributed by atoms with Gasteiger partial charge in [0.15, 0.2) is 5.56 Å². The summed E-state index contributed by atoms with van der Waals surface area (Å²) in [5.74, 6) is -0.985. The van der Waals surface area contributed by atoms with Gasteiger partial charge in [-0.3, -0.25) is 18.7 Å². The van der Waals surface area contributed by atoms with E-state index >= 15 is 0 Å². The lowest BCUT2D eigenvalue weighted by Crippen LogP contribution is -2.40. The number of carboxylic acid groups (broad SMARTS) is 1. The van der Waals surface area contributed by atoms with E-state index in [1.807, 2.05) is 0 Å². The van der Waals surface area contributed by atoms with E-state index in [4.69, 9.17) is 10.4 Å². The van der Waals surface area contributed by atoms with Crippen molar-refractivity contribution >= 4 is 11.8 Å². The molecule has 0 spiro atoms. The first-order chi connectivity index (χ1) is 8.40. The molecule has 1 aromatic heterocycles. The molecule has 0 aliphatic heterocycles. The van der Waals surface area contributed by atoms with Crippen molar-refractivity contribution in [2.24, 2.45) is 14.1 Å². The first-order valence-electron chi connectivity index (χ1n) is 5.06. The first kappa shape index (κ1) is 13.5. The number of carbonyl (C=O) groups is 1. The molecule has 0 fully saturated rings. The molecule has 8 heteroatoms. The Kier molecular flexibility index (Phi) is 3.89. The van der Waals surface area contributed by atoms with E-state index in [2.05, 4.69) is 5.32 Å². The molecule has 0 saturated carbocycles. The summed E-state index contributed by atoms with van der Waals surface area (Å²) in [7, 11) is 2.66. The number of aromatic nitrogens is 2. The van der Waals surface area contributed by atoms with Crippen LogP contribution in [0.4, 0.5) is 5.82 Å². The second-order valence-electron chi connectivity index (χ2n) is 3.61. The third-order valence-electron chi connectivity index (χ3n) is 2.41. The fourth-order valence-electron chi connectivity index (χ4n) is 1.44. The van der Waals surface area contributed by atoms with Gasteiger partial charge in [-0.1, -0.05) is 0 Å². The minimum Gasteiger partial charge on any atom is -0.481 e. The van der Waals surface area contributed by atoms with Gasteiger partial charge < -0.3 is 10.4 Å². The largest absolute Gasteiger partial charge is 0.481 e. The molecule has 0 aliphatic carbocycles. The minimum absolute atomic E-state index is 0.0183. The van der Waals surface area contributed by atoms with Crippen LogP contribution in [-0.2, 0) is 18.9 Å². The molecule has 1 heterocycles. The maximum atomic E-state index is 11.7. The first-order valence-corrected chi connectivity index (χ1v) is 5.06. The van der Waals surface area contributed by atoms with Gasteiger partial charge in [0.1, 0.15) is 11.9 Å². The van der Waals surface area contributed by atoms with Crippen LogP contribution < -0.4 is 16.6 Å². The van der Waals surface area contributed by atoms with E-state index in [-0.39, 0.29) is 24.3 Å². The summed E-state index contributed by atoms with van der Waals surface area (Å²) in [6, 6.07) is 1.71. The molecule has 0 aliphatic rings. The summed E-state index contributed by atoms with van der Waals surface area (Å²) in [5, 5.41) is 20.0. The maximum absolute atomic E-state index is 11.7. The van der Waals surface area contributed by atoms with Gasteiger partial charge in [0.05, 0.1) is 6.42 Å². The molecule has 1 aromatic rings. The summed E-state index contributed by atoms with van der Waals surface area (Å²) in [6.45, 7) is 0.0183. The summed E-state index contributed by atoms with van der Waals surface area (Å²) >= 11 is 0. The maximum Gasteiger partial charge on any atom is 0.332 e. The molecule has 0 radical (unpaired) electrons. The zero-order chi connectivity index (χ0) is 13.9. The topological polar surface area (TPSA) is 117 Å². The van der Waals surface area contributed by atoms with Gasteiger partial charge in [0.25, 0.3) is 5.56 Å². The Morgan fingerprint density at radius 2 is 2.00 bits per heavy atom. The van der Waals surface area contributed by atoms with Crippen LogP contribution in [0.3, 0.4) is 0 Å². The number of aliphatic carboxylic acids is 1. The molecule has 0 amide bonds. The van der Waals surface area contributed by atoms with E-state index in [0.717, 1.165) is 9.13 Å². The van der Waals surface area contributed by atoms with Crippen molar-refractivity contribution in [3.05, 3.63) is 26.4 Å². The molecular formula is C10H12N4O4. The lowest BCUT2D eigenvalue weighted by atomic mass is 10.3. The van der Waals surface area contributed by atoms with Crippen LogP contribution >= 0.6 is 0 Å². The van der Waals surface area contributed by atoms with Gasteiger partial charge in [-0.25, -0.2) is 4.79 Å². The van der Waals surface area contributed by atoms with Crippen molar-refractivity contribution in [2.45, 2.75) is 6.42 Å². The summed E-state index contributed by atoms with van der Waals surface area (Å²) in [6.07, 6.45) is -0.186. The fraction of sp³-hybridized carbons (Fsp3) is 0.400. The minimum atomic E-state index is -1.02. The zero-order valence-electron chi connectivity index (χ0n) is 9.93. The van der Waals surface area contributed by atoms with Crippen molar-refractivity contribution in [3.8, 4) is 6.07 Å². The van der Waals surface area contributed by atoms with E-state index in [1.54, 1.807) is 6.07 Å². The number of anilines is 1. The number of hydrogen-bond acceptors (Lipinski definition) is 5. The summed E-state index contributed by atoms with van der Waals surface area (Å²) < 4.78 is 1.92. The Hall–Kier alpha value is -2.56. The number of hydrogen-bond donors (Lipinski definition) is 2. The van der Waals surface area contributed by atoms with Crippen LogP contribution in [-0.4, -0.2) is 26.8 Å². The van der Waals surface area contributed by atoms with Gasteiger partial charge in [-0.05, 0) is 0 Å². The Labute approximate surface area is 102 Å². The number of nitriles is 1. The quantitative estimate of drug-likeness (QED) is 0.698. The number of nitrogens with zero attached hydrogens (tertiary/aromatic N) is 3. The molecule has 0 bridgehead atoms. The second kappa shape index (κ2) is 5.18. The Balaban J connectivity index is 3.27. The number of rotatable bonds is 4. The molecule has 0 unspecified atom stereocenters. The average molecular weight is 252 g/mol. The highest BCUT2D eigenvalue weighted by atomic mass is 16.4. The second-order valence-corrected chi connectivity index (χ2v) is 3.61. The van der Waals surface area contributed by atoms with Crippen LogP contribution in [0.1, 0.15) is 12.0 Å². The van der Waals surface area contributed by atoms with Gasteiger partial charge in [0.2, 0.25) is 0 Å². The highest BCUT2D eigenvalue weighted by Crippen LogP contribution is 2.06. The molecule has 96 valence electrons. The van der Waals surface area contributed by atoms with E-state index in [0.29, 0.717) is 0 Å². The number of carboxylic acids is 1. The standard InChI is InChI=1S/C10H12N4O4/c1-13-8(12-4-3-7(15)16)6(5-11)9(17)14(2)10(13)18/h12H,3-4H2,1-2H3,(H,15,16). The molecule has 2 N–H and O–H groups in total. The Bertz CT molecular complexity index is 635.